The molecule has 0 fully saturated rings. The molecular formula is C14H13FN2S. The van der Waals surface area contributed by atoms with E-state index < -0.39 is 0 Å². The van der Waals surface area contributed by atoms with Crippen LogP contribution in [-0.2, 0) is 0 Å². The third-order valence-corrected chi connectivity index (χ3v) is 2.87. The average Bonchev–Trinajstić information content (AvgIpc) is 2.33. The Kier molecular flexibility index (Phi) is 3.58. The number of halogens is 1. The van der Waals surface area contributed by atoms with E-state index in [-0.39, 0.29) is 5.82 Å². The summed E-state index contributed by atoms with van der Waals surface area (Å²) in [6.45, 7) is 1.86. The van der Waals surface area contributed by atoms with Crippen molar-refractivity contribution in [2.75, 3.05) is 5.32 Å². The molecule has 0 amide bonds. The molecule has 2 aromatic rings. The van der Waals surface area contributed by atoms with E-state index in [1.54, 1.807) is 6.07 Å². The van der Waals surface area contributed by atoms with E-state index in [9.17, 15) is 4.39 Å². The fourth-order valence-corrected chi connectivity index (χ4v) is 1.78. The summed E-state index contributed by atoms with van der Waals surface area (Å²) in [4.78, 5) is 0.375. The molecular weight excluding hydrogens is 247 g/mol. The topological polar surface area (TPSA) is 38.0 Å². The van der Waals surface area contributed by atoms with Crippen LogP contribution in [0.2, 0.25) is 0 Å². The van der Waals surface area contributed by atoms with Crippen molar-refractivity contribution in [3.05, 3.63) is 59.4 Å². The highest BCUT2D eigenvalue weighted by Crippen LogP contribution is 2.21. The Labute approximate surface area is 111 Å². The molecule has 2 aromatic carbocycles. The lowest BCUT2D eigenvalue weighted by molar-refractivity contribution is 0.627. The van der Waals surface area contributed by atoms with E-state index in [2.05, 4.69) is 5.32 Å². The van der Waals surface area contributed by atoms with Gasteiger partial charge < -0.3 is 11.1 Å². The van der Waals surface area contributed by atoms with Crippen molar-refractivity contribution in [3.8, 4) is 0 Å². The number of nitrogens with two attached hydrogens (primary N) is 1. The Morgan fingerprint density at radius 2 is 1.83 bits per heavy atom. The average molecular weight is 260 g/mol. The van der Waals surface area contributed by atoms with Crippen LogP contribution in [0.15, 0.2) is 42.5 Å². The maximum Gasteiger partial charge on any atom is 0.123 e. The second kappa shape index (κ2) is 5.14. The van der Waals surface area contributed by atoms with E-state index >= 15 is 0 Å². The zero-order chi connectivity index (χ0) is 13.1. The second-order valence-electron chi connectivity index (χ2n) is 4.03. The minimum absolute atomic E-state index is 0.234. The molecule has 0 heterocycles. The molecule has 3 N–H and O–H groups in total. The lowest BCUT2D eigenvalue weighted by Gasteiger charge is -2.10. The molecule has 0 saturated carbocycles. The van der Waals surface area contributed by atoms with Gasteiger partial charge in [0, 0.05) is 16.9 Å². The highest BCUT2D eigenvalue weighted by molar-refractivity contribution is 7.80. The minimum Gasteiger partial charge on any atom is -0.389 e. The van der Waals surface area contributed by atoms with Gasteiger partial charge in [-0.25, -0.2) is 4.39 Å². The molecule has 0 aromatic heterocycles. The van der Waals surface area contributed by atoms with E-state index in [4.69, 9.17) is 18.0 Å². The number of rotatable bonds is 3. The fraction of sp³-hybridized carbons (Fsp3) is 0.0714. The zero-order valence-electron chi connectivity index (χ0n) is 9.91. The number of benzene rings is 2. The SMILES string of the molecule is Cc1cc(F)ccc1Nc1ccc(C(N)=S)cc1. The third kappa shape index (κ3) is 2.84. The van der Waals surface area contributed by atoms with Gasteiger partial charge in [0.25, 0.3) is 0 Å². The van der Waals surface area contributed by atoms with Crippen LogP contribution in [0.1, 0.15) is 11.1 Å². The van der Waals surface area contributed by atoms with Crippen LogP contribution in [0.4, 0.5) is 15.8 Å². The molecule has 0 bridgehead atoms. The summed E-state index contributed by atoms with van der Waals surface area (Å²) < 4.78 is 13.0. The van der Waals surface area contributed by atoms with Crippen molar-refractivity contribution >= 4 is 28.6 Å². The number of hydrogen-bond acceptors (Lipinski definition) is 2. The van der Waals surface area contributed by atoms with Crippen molar-refractivity contribution in [2.45, 2.75) is 6.92 Å². The summed E-state index contributed by atoms with van der Waals surface area (Å²) in [5.41, 5.74) is 8.99. The lowest BCUT2D eigenvalue weighted by atomic mass is 10.1. The molecule has 0 atom stereocenters. The summed E-state index contributed by atoms with van der Waals surface area (Å²) in [7, 11) is 0. The molecule has 0 aliphatic carbocycles. The molecule has 2 nitrogen and oxygen atoms in total. The van der Waals surface area contributed by atoms with Gasteiger partial charge in [0.15, 0.2) is 0 Å². The van der Waals surface area contributed by atoms with Crippen molar-refractivity contribution in [1.29, 1.82) is 0 Å². The monoisotopic (exact) mass is 260 g/mol. The summed E-state index contributed by atoms with van der Waals surface area (Å²) in [6.07, 6.45) is 0. The van der Waals surface area contributed by atoms with Gasteiger partial charge in [-0.3, -0.25) is 0 Å². The predicted octanol–water partition coefficient (Wildman–Crippen LogP) is 3.51. The van der Waals surface area contributed by atoms with Crippen molar-refractivity contribution in [3.63, 3.8) is 0 Å². The van der Waals surface area contributed by atoms with Gasteiger partial charge in [0.05, 0.1) is 0 Å². The highest BCUT2D eigenvalue weighted by Gasteiger charge is 2.01. The fourth-order valence-electron chi connectivity index (χ4n) is 1.64. The molecule has 0 unspecified atom stereocenters. The van der Waals surface area contributed by atoms with Gasteiger partial charge in [-0.1, -0.05) is 12.2 Å². The highest BCUT2D eigenvalue weighted by atomic mass is 32.1. The van der Waals surface area contributed by atoms with Crippen LogP contribution in [0.25, 0.3) is 0 Å². The smallest absolute Gasteiger partial charge is 0.123 e. The van der Waals surface area contributed by atoms with Crippen molar-refractivity contribution in [2.24, 2.45) is 5.73 Å². The first-order chi connectivity index (χ1) is 8.56. The largest absolute Gasteiger partial charge is 0.389 e. The van der Waals surface area contributed by atoms with Gasteiger partial charge in [-0.05, 0) is 55.0 Å². The van der Waals surface area contributed by atoms with E-state index in [0.29, 0.717) is 4.99 Å². The Hall–Kier alpha value is -1.94. The van der Waals surface area contributed by atoms with Gasteiger partial charge in [-0.2, -0.15) is 0 Å². The standard InChI is InChI=1S/C14H13FN2S/c1-9-8-11(15)4-7-13(9)17-12-5-2-10(3-6-12)14(16)18/h2-8,17H,1H3,(H2,16,18). The zero-order valence-corrected chi connectivity index (χ0v) is 10.7. The summed E-state index contributed by atoms with van der Waals surface area (Å²) in [6, 6.07) is 12.1. The molecule has 0 radical (unpaired) electrons. The van der Waals surface area contributed by atoms with Crippen LogP contribution in [-0.4, -0.2) is 4.99 Å². The molecule has 0 spiro atoms. The first kappa shape index (κ1) is 12.5. The van der Waals surface area contributed by atoms with Crippen LogP contribution in [0.5, 0.6) is 0 Å². The van der Waals surface area contributed by atoms with Gasteiger partial charge in [0.2, 0.25) is 0 Å². The first-order valence-electron chi connectivity index (χ1n) is 5.49. The molecule has 0 aliphatic heterocycles. The van der Waals surface area contributed by atoms with Crippen LogP contribution in [0.3, 0.4) is 0 Å². The first-order valence-corrected chi connectivity index (χ1v) is 5.90. The number of aryl methyl sites for hydroxylation is 1. The predicted molar refractivity (Wildman–Crippen MR) is 76.7 cm³/mol. The summed E-state index contributed by atoms with van der Waals surface area (Å²) in [5.74, 6) is -0.234. The second-order valence-corrected chi connectivity index (χ2v) is 4.47. The van der Waals surface area contributed by atoms with Gasteiger partial charge >= 0.3 is 0 Å². The molecule has 0 saturated heterocycles. The lowest BCUT2D eigenvalue weighted by Crippen LogP contribution is -2.08. The summed E-state index contributed by atoms with van der Waals surface area (Å²) in [5, 5.41) is 3.21. The Balaban J connectivity index is 2.21. The van der Waals surface area contributed by atoms with Crippen molar-refractivity contribution < 1.29 is 4.39 Å². The maximum absolute atomic E-state index is 13.0. The van der Waals surface area contributed by atoms with Crippen molar-refractivity contribution in [1.82, 2.24) is 0 Å². The maximum atomic E-state index is 13.0. The Morgan fingerprint density at radius 3 is 2.39 bits per heavy atom. The normalized spacial score (nSPS) is 10.1. The summed E-state index contributed by atoms with van der Waals surface area (Å²) >= 11 is 4.89. The van der Waals surface area contributed by atoms with Gasteiger partial charge in [-0.15, -0.1) is 0 Å². The van der Waals surface area contributed by atoms with E-state index in [1.807, 2.05) is 31.2 Å². The number of hydrogen-bond donors (Lipinski definition) is 2. The third-order valence-electron chi connectivity index (χ3n) is 2.64. The van der Waals surface area contributed by atoms with E-state index in [1.165, 1.54) is 12.1 Å². The van der Waals surface area contributed by atoms with Crippen LogP contribution in [0, 0.1) is 12.7 Å². The minimum atomic E-state index is -0.234. The molecule has 92 valence electrons. The van der Waals surface area contributed by atoms with Crippen LogP contribution >= 0.6 is 12.2 Å². The number of thiocarbonyl (C=S) groups is 1. The quantitative estimate of drug-likeness (QED) is 0.829. The molecule has 2 rings (SSSR count). The molecule has 4 heteroatoms. The molecule has 0 aliphatic rings. The molecule has 18 heavy (non-hydrogen) atoms. The number of nitrogens with one attached hydrogen (secondary N) is 1. The van der Waals surface area contributed by atoms with E-state index in [0.717, 1.165) is 22.5 Å². The Bertz CT molecular complexity index is 579. The van der Waals surface area contributed by atoms with Gasteiger partial charge in [0.1, 0.15) is 10.8 Å². The number of anilines is 2. The van der Waals surface area contributed by atoms with Crippen LogP contribution < -0.4 is 11.1 Å². The Morgan fingerprint density at radius 1 is 1.17 bits per heavy atom.